The van der Waals surface area contributed by atoms with Crippen molar-refractivity contribution in [3.63, 3.8) is 0 Å². The molecule has 4 N–H and O–H groups in total. The zero-order valence-corrected chi connectivity index (χ0v) is 13.2. The number of carboxylic acids is 2. The summed E-state index contributed by atoms with van der Waals surface area (Å²) in [5.74, 6) is -2.80. The quantitative estimate of drug-likeness (QED) is 0.371. The van der Waals surface area contributed by atoms with Gasteiger partial charge in [-0.3, -0.25) is 0 Å². The van der Waals surface area contributed by atoms with Crippen LogP contribution in [-0.4, -0.2) is 53.6 Å². The molecule has 0 fully saturated rings. The van der Waals surface area contributed by atoms with Crippen LogP contribution in [0.3, 0.4) is 0 Å². The first-order chi connectivity index (χ1) is 9.58. The normalized spacial score (nSPS) is 12.6. The average Bonchev–Trinajstić information content (AvgIpc) is 2.34. The van der Waals surface area contributed by atoms with Crippen molar-refractivity contribution in [2.75, 3.05) is 19.8 Å². The number of hydrogen-bond donors (Lipinski definition) is 3. The first-order valence-electron chi connectivity index (χ1n) is 6.80. The second-order valence-corrected chi connectivity index (χ2v) is 5.53. The number of quaternary nitrogens is 1. The summed E-state index contributed by atoms with van der Waals surface area (Å²) in [5, 5.41) is 28.8. The molecule has 1 unspecified atom stereocenters. The van der Waals surface area contributed by atoms with Gasteiger partial charge in [0.15, 0.2) is 0 Å². The molecule has 0 aromatic rings. The highest BCUT2D eigenvalue weighted by molar-refractivity contribution is 5.88. The van der Waals surface area contributed by atoms with Crippen LogP contribution in [0.4, 0.5) is 0 Å². The Balaban J connectivity index is 0. The summed E-state index contributed by atoms with van der Waals surface area (Å²) in [7, 11) is 0. The summed E-state index contributed by atoms with van der Waals surface area (Å²) >= 11 is 0. The number of aliphatic carboxylic acids is 2. The molecule has 7 nitrogen and oxygen atoms in total. The van der Waals surface area contributed by atoms with Crippen molar-refractivity contribution in [3.05, 3.63) is 12.2 Å². The molecule has 0 amide bonds. The van der Waals surface area contributed by atoms with Gasteiger partial charge in [-0.05, 0) is 33.3 Å². The Morgan fingerprint density at radius 3 is 2.24 bits per heavy atom. The first kappa shape index (κ1) is 21.9. The fourth-order valence-electron chi connectivity index (χ4n) is 1.06. The maximum atomic E-state index is 9.53. The third-order valence-electron chi connectivity index (χ3n) is 2.02. The van der Waals surface area contributed by atoms with E-state index in [0.29, 0.717) is 25.3 Å². The van der Waals surface area contributed by atoms with Gasteiger partial charge in [0.2, 0.25) is 0 Å². The van der Waals surface area contributed by atoms with E-state index in [2.05, 4.69) is 33.0 Å². The van der Waals surface area contributed by atoms with E-state index in [1.54, 1.807) is 0 Å². The minimum absolute atomic E-state index is 0.186. The van der Waals surface area contributed by atoms with Gasteiger partial charge in [0, 0.05) is 12.7 Å². The van der Waals surface area contributed by atoms with Crippen LogP contribution < -0.4 is 10.4 Å². The van der Waals surface area contributed by atoms with Gasteiger partial charge in [0.25, 0.3) is 0 Å². The summed E-state index contributed by atoms with van der Waals surface area (Å²) in [5.41, 5.74) is 0.186. The predicted octanol–water partition coefficient (Wildman–Crippen LogP) is -1.49. The van der Waals surface area contributed by atoms with Crippen LogP contribution in [0.15, 0.2) is 12.2 Å². The molecule has 0 saturated carbocycles. The number of aliphatic hydroxyl groups excluding tert-OH is 1. The van der Waals surface area contributed by atoms with Crippen LogP contribution in [0.5, 0.6) is 0 Å². The molecule has 0 aliphatic carbocycles. The van der Waals surface area contributed by atoms with E-state index in [-0.39, 0.29) is 11.6 Å². The summed E-state index contributed by atoms with van der Waals surface area (Å²) in [6.07, 6.45) is 1.61. The van der Waals surface area contributed by atoms with Gasteiger partial charge >= 0.3 is 5.97 Å². The molecule has 0 aromatic heterocycles. The Bertz CT molecular complexity index is 306. The summed E-state index contributed by atoms with van der Waals surface area (Å²) < 4.78 is 5.24. The van der Waals surface area contributed by atoms with Gasteiger partial charge in [0.1, 0.15) is 12.6 Å². The van der Waals surface area contributed by atoms with Gasteiger partial charge in [-0.15, -0.1) is 0 Å². The minimum atomic E-state index is -1.51. The van der Waals surface area contributed by atoms with Gasteiger partial charge in [-0.2, -0.15) is 0 Å². The van der Waals surface area contributed by atoms with Crippen LogP contribution in [0.1, 0.15) is 34.1 Å². The number of rotatable bonds is 8. The summed E-state index contributed by atoms with van der Waals surface area (Å²) in [6, 6.07) is 0. The number of carbonyl (C=O) groups excluding carboxylic acids is 1. The van der Waals surface area contributed by atoms with E-state index >= 15 is 0 Å². The molecule has 0 bridgehead atoms. The Hall–Kier alpha value is -1.44. The Morgan fingerprint density at radius 1 is 1.33 bits per heavy atom. The molecular weight excluding hydrogens is 278 g/mol. The maximum absolute atomic E-state index is 9.53. The largest absolute Gasteiger partial charge is 0.545 e. The molecule has 0 aliphatic heterocycles. The molecule has 0 aliphatic rings. The molecule has 0 rings (SSSR count). The number of ether oxygens (including phenoxy) is 1. The van der Waals surface area contributed by atoms with Crippen LogP contribution in [-0.2, 0) is 14.3 Å². The number of carboxylic acid groups (broad SMARTS) is 2. The molecule has 0 spiro atoms. The highest BCUT2D eigenvalue weighted by Gasteiger charge is 2.15. The number of nitrogens with two attached hydrogens (primary N) is 1. The predicted molar refractivity (Wildman–Crippen MR) is 75.4 cm³/mol. The number of carbonyl (C=O) groups is 2. The summed E-state index contributed by atoms with van der Waals surface area (Å²) in [6.45, 7) is 10.4. The summed E-state index contributed by atoms with van der Waals surface area (Å²) in [4.78, 5) is 19.0. The number of hydrogen-bond acceptors (Lipinski definition) is 5. The minimum Gasteiger partial charge on any atom is -0.545 e. The molecule has 21 heavy (non-hydrogen) atoms. The highest BCUT2D eigenvalue weighted by atomic mass is 16.5. The second kappa shape index (κ2) is 12.3. The topological polar surface area (TPSA) is 124 Å². The van der Waals surface area contributed by atoms with Crippen LogP contribution >= 0.6 is 0 Å². The van der Waals surface area contributed by atoms with Crippen molar-refractivity contribution in [1.82, 2.24) is 0 Å². The van der Waals surface area contributed by atoms with Crippen molar-refractivity contribution >= 4 is 11.9 Å². The van der Waals surface area contributed by atoms with Gasteiger partial charge < -0.3 is 30.2 Å². The SMILES string of the molecule is CCCOCC(O)C[NH2+]C(C)(C)C.O=C([O-])/C=C/C(=O)O. The smallest absolute Gasteiger partial charge is 0.328 e. The lowest BCUT2D eigenvalue weighted by atomic mass is 10.1. The van der Waals surface area contributed by atoms with Crippen LogP contribution in [0, 0.1) is 0 Å². The van der Waals surface area contributed by atoms with Crippen molar-refractivity contribution in [1.29, 1.82) is 0 Å². The monoisotopic (exact) mass is 305 g/mol. The molecule has 0 heterocycles. The fraction of sp³-hybridized carbons (Fsp3) is 0.714. The molecule has 0 saturated heterocycles. The zero-order valence-electron chi connectivity index (χ0n) is 13.2. The Morgan fingerprint density at radius 2 is 1.90 bits per heavy atom. The highest BCUT2D eigenvalue weighted by Crippen LogP contribution is 1.90. The van der Waals surface area contributed by atoms with E-state index in [1.165, 1.54) is 0 Å². The molecule has 1 atom stereocenters. The van der Waals surface area contributed by atoms with E-state index < -0.39 is 11.9 Å². The zero-order chi connectivity index (χ0) is 16.9. The Kier molecular flexibility index (Phi) is 12.8. The number of aliphatic hydroxyl groups is 1. The standard InChI is InChI=1S/C10H23NO2.C4H4O4/c1-5-6-13-8-9(12)7-11-10(2,3)4;5-3(6)1-2-4(7)8/h9,11-12H,5-8H2,1-4H3;1-2H,(H,5,6)(H,7,8)/b;2-1+. The molecular formula is C14H27NO6. The lowest BCUT2D eigenvalue weighted by Gasteiger charge is -2.19. The molecule has 7 heteroatoms. The van der Waals surface area contributed by atoms with E-state index in [9.17, 15) is 19.8 Å². The molecule has 0 aromatic carbocycles. The van der Waals surface area contributed by atoms with E-state index in [0.717, 1.165) is 13.0 Å². The van der Waals surface area contributed by atoms with Gasteiger partial charge in [0.05, 0.1) is 18.1 Å². The molecule has 0 radical (unpaired) electrons. The first-order valence-corrected chi connectivity index (χ1v) is 6.80. The van der Waals surface area contributed by atoms with Crippen molar-refractivity contribution in [2.45, 2.75) is 45.8 Å². The van der Waals surface area contributed by atoms with Crippen molar-refractivity contribution < 1.29 is 35.0 Å². The average molecular weight is 305 g/mol. The molecule has 124 valence electrons. The van der Waals surface area contributed by atoms with Crippen molar-refractivity contribution in [2.24, 2.45) is 0 Å². The van der Waals surface area contributed by atoms with E-state index in [1.807, 2.05) is 0 Å². The fourth-order valence-corrected chi connectivity index (χ4v) is 1.06. The van der Waals surface area contributed by atoms with Crippen LogP contribution in [0.25, 0.3) is 0 Å². The van der Waals surface area contributed by atoms with E-state index in [4.69, 9.17) is 9.84 Å². The van der Waals surface area contributed by atoms with Crippen molar-refractivity contribution in [3.8, 4) is 0 Å². The van der Waals surface area contributed by atoms with Gasteiger partial charge in [-0.1, -0.05) is 6.92 Å². The van der Waals surface area contributed by atoms with Crippen LogP contribution in [0.2, 0.25) is 0 Å². The lowest BCUT2D eigenvalue weighted by Crippen LogP contribution is -2.96. The lowest BCUT2D eigenvalue weighted by molar-refractivity contribution is -0.722. The second-order valence-electron chi connectivity index (χ2n) is 5.53. The van der Waals surface area contributed by atoms with Gasteiger partial charge in [-0.25, -0.2) is 4.79 Å². The maximum Gasteiger partial charge on any atom is 0.328 e. The third-order valence-corrected chi connectivity index (χ3v) is 2.02. The Labute approximate surface area is 125 Å². The third kappa shape index (κ3) is 24.0.